The molecule has 78 valence electrons. The summed E-state index contributed by atoms with van der Waals surface area (Å²) in [5.74, 6) is -0.516. The Labute approximate surface area is 94.6 Å². The van der Waals surface area contributed by atoms with Gasteiger partial charge in [0.15, 0.2) is 5.78 Å². The number of fused-ring (bicyclic) bond motifs is 1. The van der Waals surface area contributed by atoms with Crippen molar-refractivity contribution in [3.05, 3.63) is 33.7 Å². The van der Waals surface area contributed by atoms with Crippen molar-refractivity contribution in [2.24, 2.45) is 0 Å². The summed E-state index contributed by atoms with van der Waals surface area (Å²) in [6, 6.07) is 3.37. The summed E-state index contributed by atoms with van der Waals surface area (Å²) in [6.45, 7) is 3.21. The molecule has 1 N–H and O–H groups in total. The first-order valence-electron chi connectivity index (χ1n) is 4.49. The van der Waals surface area contributed by atoms with Gasteiger partial charge in [-0.25, -0.2) is 4.39 Å². The number of hydrogen-bond donors (Lipinski definition) is 1. The Hall–Kier alpha value is -1.16. The normalized spacial score (nSPS) is 10.9. The third kappa shape index (κ3) is 1.49. The van der Waals surface area contributed by atoms with Gasteiger partial charge in [0.25, 0.3) is 0 Å². The van der Waals surface area contributed by atoms with Gasteiger partial charge in [-0.3, -0.25) is 4.79 Å². The van der Waals surface area contributed by atoms with Crippen LogP contribution in [0, 0.1) is 12.7 Å². The first-order chi connectivity index (χ1) is 7.02. The Morgan fingerprint density at radius 2 is 2.13 bits per heavy atom. The van der Waals surface area contributed by atoms with Gasteiger partial charge in [0, 0.05) is 22.2 Å². The molecule has 2 aromatic rings. The van der Waals surface area contributed by atoms with E-state index in [9.17, 15) is 9.18 Å². The molecule has 0 spiro atoms. The van der Waals surface area contributed by atoms with Crippen LogP contribution in [0.25, 0.3) is 10.9 Å². The number of hydrogen-bond acceptors (Lipinski definition) is 1. The lowest BCUT2D eigenvalue weighted by atomic mass is 10.1. The number of ketones is 1. The Morgan fingerprint density at radius 1 is 1.47 bits per heavy atom. The Kier molecular flexibility index (Phi) is 2.38. The van der Waals surface area contributed by atoms with Gasteiger partial charge in [-0.05, 0) is 41.9 Å². The van der Waals surface area contributed by atoms with Gasteiger partial charge in [0.05, 0.1) is 4.47 Å². The molecule has 1 aromatic carbocycles. The molecule has 1 heterocycles. The highest BCUT2D eigenvalue weighted by atomic mass is 79.9. The molecule has 0 radical (unpaired) electrons. The summed E-state index contributed by atoms with van der Waals surface area (Å²) >= 11 is 3.11. The first kappa shape index (κ1) is 10.4. The van der Waals surface area contributed by atoms with Crippen molar-refractivity contribution in [2.75, 3.05) is 0 Å². The van der Waals surface area contributed by atoms with Crippen LogP contribution in [-0.4, -0.2) is 10.8 Å². The number of benzene rings is 1. The van der Waals surface area contributed by atoms with Gasteiger partial charge in [-0.1, -0.05) is 0 Å². The number of H-pyrrole nitrogens is 1. The van der Waals surface area contributed by atoms with E-state index in [1.54, 1.807) is 19.1 Å². The van der Waals surface area contributed by atoms with Crippen molar-refractivity contribution in [3.63, 3.8) is 0 Å². The maximum absolute atomic E-state index is 13.8. The fraction of sp³-hybridized carbons (Fsp3) is 0.182. The average molecular weight is 270 g/mol. The molecule has 0 saturated heterocycles. The lowest BCUT2D eigenvalue weighted by Gasteiger charge is -1.98. The summed E-state index contributed by atoms with van der Waals surface area (Å²) in [5, 5.41) is 0.370. The number of aryl methyl sites for hydroxylation is 1. The first-order valence-corrected chi connectivity index (χ1v) is 5.29. The summed E-state index contributed by atoms with van der Waals surface area (Å²) in [5.41, 5.74) is 1.79. The smallest absolute Gasteiger partial charge is 0.162 e. The van der Waals surface area contributed by atoms with E-state index >= 15 is 0 Å². The molecule has 15 heavy (non-hydrogen) atoms. The molecule has 0 aliphatic carbocycles. The van der Waals surface area contributed by atoms with Gasteiger partial charge >= 0.3 is 0 Å². The summed E-state index contributed by atoms with van der Waals surface area (Å²) < 4.78 is 14.2. The van der Waals surface area contributed by atoms with Gasteiger partial charge in [-0.2, -0.15) is 0 Å². The summed E-state index contributed by atoms with van der Waals surface area (Å²) in [7, 11) is 0. The third-order valence-electron chi connectivity index (χ3n) is 2.39. The van der Waals surface area contributed by atoms with Crippen molar-refractivity contribution in [2.45, 2.75) is 13.8 Å². The largest absolute Gasteiger partial charge is 0.358 e. The molecule has 2 rings (SSSR count). The van der Waals surface area contributed by atoms with Crippen LogP contribution in [0.5, 0.6) is 0 Å². The van der Waals surface area contributed by atoms with Gasteiger partial charge in [-0.15, -0.1) is 0 Å². The molecule has 0 aliphatic heterocycles. The topological polar surface area (TPSA) is 32.9 Å². The predicted molar refractivity (Wildman–Crippen MR) is 60.7 cm³/mol. The number of carbonyl (C=O) groups is 1. The summed E-state index contributed by atoms with van der Waals surface area (Å²) in [6.07, 6.45) is 0. The van der Waals surface area contributed by atoms with E-state index < -0.39 is 0 Å². The monoisotopic (exact) mass is 269 g/mol. The van der Waals surface area contributed by atoms with Crippen LogP contribution < -0.4 is 0 Å². The SMILES string of the molecule is CC(=O)c1c(C)[nH]c2ccc(Br)c(F)c12. The number of aromatic nitrogens is 1. The van der Waals surface area contributed by atoms with Crippen LogP contribution in [0.2, 0.25) is 0 Å². The minimum atomic E-state index is -0.387. The standard InChI is InChI=1S/C11H9BrFNO/c1-5-9(6(2)15)10-8(14-5)4-3-7(12)11(10)13/h3-4,14H,1-2H3. The lowest BCUT2D eigenvalue weighted by molar-refractivity contribution is 0.101. The molecule has 0 unspecified atom stereocenters. The second kappa shape index (κ2) is 3.45. The second-order valence-corrected chi connectivity index (χ2v) is 4.32. The molecule has 2 nitrogen and oxygen atoms in total. The van der Waals surface area contributed by atoms with E-state index in [2.05, 4.69) is 20.9 Å². The number of halogens is 2. The van der Waals surface area contributed by atoms with E-state index in [1.807, 2.05) is 0 Å². The zero-order chi connectivity index (χ0) is 11.2. The second-order valence-electron chi connectivity index (χ2n) is 3.47. The highest BCUT2D eigenvalue weighted by Crippen LogP contribution is 2.29. The number of aromatic amines is 1. The van der Waals surface area contributed by atoms with E-state index in [4.69, 9.17) is 0 Å². The molecule has 0 amide bonds. The minimum Gasteiger partial charge on any atom is -0.358 e. The van der Waals surface area contributed by atoms with Crippen LogP contribution in [0.1, 0.15) is 23.0 Å². The van der Waals surface area contributed by atoms with Crippen molar-refractivity contribution in [3.8, 4) is 0 Å². The van der Waals surface area contributed by atoms with E-state index in [0.29, 0.717) is 26.6 Å². The Balaban J connectivity index is 2.96. The van der Waals surface area contributed by atoms with Crippen LogP contribution in [0.4, 0.5) is 4.39 Å². The van der Waals surface area contributed by atoms with E-state index in [-0.39, 0.29) is 11.6 Å². The number of Topliss-reactive ketones (excluding diaryl/α,β-unsaturated/α-hetero) is 1. The van der Waals surface area contributed by atoms with Crippen molar-refractivity contribution >= 4 is 32.6 Å². The molecule has 1 aromatic heterocycles. The Bertz CT molecular complexity index is 559. The minimum absolute atomic E-state index is 0.129. The average Bonchev–Trinajstić information content (AvgIpc) is 2.49. The molecule has 4 heteroatoms. The maximum atomic E-state index is 13.8. The zero-order valence-electron chi connectivity index (χ0n) is 8.32. The number of nitrogens with one attached hydrogen (secondary N) is 1. The highest BCUT2D eigenvalue weighted by Gasteiger charge is 2.17. The Morgan fingerprint density at radius 3 is 2.73 bits per heavy atom. The molecular formula is C11H9BrFNO. The fourth-order valence-corrected chi connectivity index (χ4v) is 2.12. The van der Waals surface area contributed by atoms with E-state index in [1.165, 1.54) is 6.92 Å². The quantitative estimate of drug-likeness (QED) is 0.789. The molecular weight excluding hydrogens is 261 g/mol. The zero-order valence-corrected chi connectivity index (χ0v) is 9.90. The van der Waals surface area contributed by atoms with Crippen molar-refractivity contribution in [1.29, 1.82) is 0 Å². The molecule has 0 saturated carbocycles. The van der Waals surface area contributed by atoms with E-state index in [0.717, 1.165) is 0 Å². The van der Waals surface area contributed by atoms with Crippen LogP contribution >= 0.6 is 15.9 Å². The number of rotatable bonds is 1. The fourth-order valence-electron chi connectivity index (χ4n) is 1.79. The highest BCUT2D eigenvalue weighted by molar-refractivity contribution is 9.10. The molecule has 0 atom stereocenters. The molecule has 0 fully saturated rings. The van der Waals surface area contributed by atoms with Crippen molar-refractivity contribution in [1.82, 2.24) is 4.98 Å². The summed E-state index contributed by atoms with van der Waals surface area (Å²) in [4.78, 5) is 14.4. The van der Waals surface area contributed by atoms with Crippen LogP contribution in [0.3, 0.4) is 0 Å². The van der Waals surface area contributed by atoms with Crippen LogP contribution in [-0.2, 0) is 0 Å². The van der Waals surface area contributed by atoms with Crippen molar-refractivity contribution < 1.29 is 9.18 Å². The van der Waals surface area contributed by atoms with Gasteiger partial charge < -0.3 is 4.98 Å². The molecule has 0 aliphatic rings. The number of carbonyl (C=O) groups excluding carboxylic acids is 1. The maximum Gasteiger partial charge on any atom is 0.162 e. The predicted octanol–water partition coefficient (Wildman–Crippen LogP) is 3.58. The van der Waals surface area contributed by atoms with Crippen LogP contribution in [0.15, 0.2) is 16.6 Å². The van der Waals surface area contributed by atoms with Gasteiger partial charge in [0.1, 0.15) is 5.82 Å². The molecule has 0 bridgehead atoms. The van der Waals surface area contributed by atoms with Gasteiger partial charge in [0.2, 0.25) is 0 Å². The third-order valence-corrected chi connectivity index (χ3v) is 3.01. The lowest BCUT2D eigenvalue weighted by Crippen LogP contribution is -1.94.